The van der Waals surface area contributed by atoms with E-state index in [-0.39, 0.29) is 10.6 Å². The predicted octanol–water partition coefficient (Wildman–Crippen LogP) is 3.20. The number of hydrogen-bond acceptors (Lipinski definition) is 6. The first kappa shape index (κ1) is 17.0. The van der Waals surface area contributed by atoms with Crippen LogP contribution in [0, 0.1) is 10.1 Å². The molecule has 0 bridgehead atoms. The zero-order valence-corrected chi connectivity index (χ0v) is 13.9. The summed E-state index contributed by atoms with van der Waals surface area (Å²) in [5.41, 5.74) is 7.68. The molecule has 25 heavy (non-hydrogen) atoms. The largest absolute Gasteiger partial charge is 0.385 e. The average molecular weight is 357 g/mol. The number of fused-ring (bicyclic) bond motifs is 1. The van der Waals surface area contributed by atoms with E-state index in [1.54, 1.807) is 12.1 Å². The van der Waals surface area contributed by atoms with Crippen molar-refractivity contribution in [3.63, 3.8) is 0 Å². The highest BCUT2D eigenvalue weighted by Crippen LogP contribution is 2.29. The van der Waals surface area contributed by atoms with E-state index in [9.17, 15) is 14.9 Å². The molecule has 0 aliphatic rings. The first-order valence-electron chi connectivity index (χ1n) is 7.48. The van der Waals surface area contributed by atoms with E-state index < -0.39 is 16.9 Å². The second-order valence-corrected chi connectivity index (χ2v) is 6.15. The van der Waals surface area contributed by atoms with E-state index in [1.807, 2.05) is 30.5 Å². The number of para-hydroxylation sites is 2. The minimum atomic E-state index is -0.866. The van der Waals surface area contributed by atoms with Crippen LogP contribution in [0.4, 0.5) is 5.69 Å². The van der Waals surface area contributed by atoms with Gasteiger partial charge in [0.1, 0.15) is 23.0 Å². The van der Waals surface area contributed by atoms with E-state index in [1.165, 1.54) is 12.1 Å². The summed E-state index contributed by atoms with van der Waals surface area (Å²) in [5.74, 6) is -0.631. The van der Waals surface area contributed by atoms with Gasteiger partial charge >= 0.3 is 5.97 Å². The van der Waals surface area contributed by atoms with Crippen molar-refractivity contribution in [3.05, 3.63) is 70.4 Å². The summed E-state index contributed by atoms with van der Waals surface area (Å²) in [5, 5.41) is 12.0. The fraction of sp³-hybridized carbons (Fsp3) is 0.118. The fourth-order valence-corrected chi connectivity index (χ4v) is 3.10. The molecule has 0 spiro atoms. The Bertz CT molecular complexity index is 925. The van der Waals surface area contributed by atoms with Crippen LogP contribution in [0.3, 0.4) is 0 Å². The molecule has 128 valence electrons. The molecule has 0 unspecified atom stereocenters. The number of nitrogens with two attached hydrogens (primary N) is 1. The summed E-state index contributed by atoms with van der Waals surface area (Å²) in [7, 11) is 0. The Morgan fingerprint density at radius 3 is 2.76 bits per heavy atom. The third-order valence-electron chi connectivity index (χ3n) is 3.69. The van der Waals surface area contributed by atoms with E-state index >= 15 is 0 Å². The molecule has 0 aliphatic heterocycles. The van der Waals surface area contributed by atoms with Crippen LogP contribution >= 0.6 is 12.0 Å². The molecule has 8 heteroatoms. The minimum Gasteiger partial charge on any atom is -0.385 e. The molecule has 0 amide bonds. The molecule has 7 nitrogen and oxygen atoms in total. The van der Waals surface area contributed by atoms with Crippen molar-refractivity contribution < 1.29 is 13.9 Å². The number of hydrogen-bond donors (Lipinski definition) is 2. The van der Waals surface area contributed by atoms with Gasteiger partial charge in [0.15, 0.2) is 0 Å². The number of carbonyl (C=O) groups excluding carboxylic acids is 1. The van der Waals surface area contributed by atoms with Crippen LogP contribution in [-0.2, 0) is 15.4 Å². The molecule has 1 heterocycles. The molecular weight excluding hydrogens is 342 g/mol. The van der Waals surface area contributed by atoms with Crippen LogP contribution in [0.25, 0.3) is 10.9 Å². The van der Waals surface area contributed by atoms with Crippen molar-refractivity contribution >= 4 is 34.6 Å². The van der Waals surface area contributed by atoms with Gasteiger partial charge in [0.2, 0.25) is 0 Å². The van der Waals surface area contributed by atoms with Gasteiger partial charge in [0.05, 0.1) is 4.92 Å². The molecular formula is C17H15N3O4S. The van der Waals surface area contributed by atoms with Gasteiger partial charge in [-0.2, -0.15) is 0 Å². The van der Waals surface area contributed by atoms with Crippen LogP contribution in [0.5, 0.6) is 0 Å². The van der Waals surface area contributed by atoms with E-state index in [0.29, 0.717) is 18.5 Å². The van der Waals surface area contributed by atoms with Gasteiger partial charge in [0.25, 0.3) is 5.69 Å². The number of nitro groups is 1. The highest BCUT2D eigenvalue weighted by atomic mass is 32.2. The van der Waals surface area contributed by atoms with Gasteiger partial charge in [-0.1, -0.05) is 30.3 Å². The standard InChI is InChI=1S/C17H15N3O4S/c18-13(9-11-10-19-14-6-2-1-5-12(11)14)17(21)24-25-16-8-4-3-7-15(16)20(22)23/h1-8,10,13,19H,9,18H2/t13-/m0/s1. The number of carbonyl (C=O) groups is 1. The van der Waals surface area contributed by atoms with Crippen LogP contribution < -0.4 is 5.73 Å². The lowest BCUT2D eigenvalue weighted by atomic mass is 10.1. The van der Waals surface area contributed by atoms with E-state index in [2.05, 4.69) is 4.98 Å². The summed E-state index contributed by atoms with van der Waals surface area (Å²) in [4.78, 5) is 25.9. The summed E-state index contributed by atoms with van der Waals surface area (Å²) < 4.78 is 5.08. The summed E-state index contributed by atoms with van der Waals surface area (Å²) in [6.45, 7) is 0. The molecule has 2 aromatic carbocycles. The zero-order chi connectivity index (χ0) is 17.8. The Hall–Kier alpha value is -2.84. The third-order valence-corrected chi connectivity index (χ3v) is 4.47. The van der Waals surface area contributed by atoms with Crippen molar-refractivity contribution in [1.29, 1.82) is 0 Å². The molecule has 3 aromatic rings. The number of H-pyrrole nitrogens is 1. The number of nitrogens with zero attached hydrogens (tertiary/aromatic N) is 1. The summed E-state index contributed by atoms with van der Waals surface area (Å²) >= 11 is 0.649. The number of aromatic amines is 1. The monoisotopic (exact) mass is 357 g/mol. The molecule has 3 N–H and O–H groups in total. The Labute approximate surface area is 147 Å². The number of rotatable bonds is 6. The lowest BCUT2D eigenvalue weighted by molar-refractivity contribution is -0.387. The quantitative estimate of drug-likeness (QED) is 0.398. The first-order chi connectivity index (χ1) is 12.1. The van der Waals surface area contributed by atoms with Crippen molar-refractivity contribution in [2.45, 2.75) is 17.4 Å². The molecule has 0 saturated heterocycles. The van der Waals surface area contributed by atoms with Gasteiger partial charge < -0.3 is 14.9 Å². The number of aromatic nitrogens is 1. The normalized spacial score (nSPS) is 12.0. The average Bonchev–Trinajstić information content (AvgIpc) is 3.03. The molecule has 0 fully saturated rings. The topological polar surface area (TPSA) is 111 Å². The fourth-order valence-electron chi connectivity index (χ4n) is 2.45. The van der Waals surface area contributed by atoms with Crippen LogP contribution in [0.1, 0.15) is 5.56 Å². The third kappa shape index (κ3) is 3.81. The van der Waals surface area contributed by atoms with Gasteiger partial charge in [-0.3, -0.25) is 10.1 Å². The Morgan fingerprint density at radius 1 is 1.24 bits per heavy atom. The first-order valence-corrected chi connectivity index (χ1v) is 8.23. The maximum atomic E-state index is 12.1. The van der Waals surface area contributed by atoms with Crippen LogP contribution in [0.15, 0.2) is 59.6 Å². The van der Waals surface area contributed by atoms with E-state index in [4.69, 9.17) is 9.92 Å². The predicted molar refractivity (Wildman–Crippen MR) is 95.0 cm³/mol. The second kappa shape index (κ2) is 7.37. The smallest absolute Gasteiger partial charge is 0.335 e. The summed E-state index contributed by atoms with van der Waals surface area (Å²) in [6, 6.07) is 12.9. The Morgan fingerprint density at radius 2 is 1.96 bits per heavy atom. The Kier molecular flexibility index (Phi) is 5.01. The molecule has 3 rings (SSSR count). The maximum absolute atomic E-state index is 12.1. The Balaban J connectivity index is 1.64. The maximum Gasteiger partial charge on any atom is 0.335 e. The van der Waals surface area contributed by atoms with Crippen molar-refractivity contribution in [2.24, 2.45) is 5.73 Å². The van der Waals surface area contributed by atoms with Crippen molar-refractivity contribution in [2.75, 3.05) is 0 Å². The highest BCUT2D eigenvalue weighted by Gasteiger charge is 2.21. The van der Waals surface area contributed by atoms with Crippen LogP contribution in [-0.4, -0.2) is 21.9 Å². The minimum absolute atomic E-state index is 0.120. The lowest BCUT2D eigenvalue weighted by Gasteiger charge is -2.10. The molecule has 1 aromatic heterocycles. The lowest BCUT2D eigenvalue weighted by Crippen LogP contribution is -2.33. The van der Waals surface area contributed by atoms with Gasteiger partial charge in [0, 0.05) is 29.6 Å². The number of benzene rings is 2. The molecule has 0 saturated carbocycles. The zero-order valence-electron chi connectivity index (χ0n) is 13.0. The molecule has 0 aliphatic carbocycles. The van der Waals surface area contributed by atoms with Crippen molar-refractivity contribution in [1.82, 2.24) is 4.98 Å². The SMILES string of the molecule is N[C@@H](Cc1c[nH]c2ccccc12)C(=O)OSc1ccccc1[N+](=O)[O-]. The number of nitrogens with one attached hydrogen (secondary N) is 1. The molecule has 0 radical (unpaired) electrons. The van der Waals surface area contributed by atoms with Gasteiger partial charge in [-0.15, -0.1) is 0 Å². The van der Waals surface area contributed by atoms with Gasteiger partial charge in [-0.05, 0) is 17.7 Å². The van der Waals surface area contributed by atoms with Gasteiger partial charge in [-0.25, -0.2) is 4.79 Å². The second-order valence-electron chi connectivity index (χ2n) is 5.38. The summed E-state index contributed by atoms with van der Waals surface area (Å²) in [6.07, 6.45) is 2.12. The highest BCUT2D eigenvalue weighted by molar-refractivity contribution is 7.95. The van der Waals surface area contributed by atoms with E-state index in [0.717, 1.165) is 16.5 Å². The van der Waals surface area contributed by atoms with Crippen molar-refractivity contribution in [3.8, 4) is 0 Å². The number of nitro benzene ring substituents is 1. The molecule has 1 atom stereocenters. The van der Waals surface area contributed by atoms with Crippen LogP contribution in [0.2, 0.25) is 0 Å².